The standard InChI is InChI=1S/C21H22F6N4O3/c22-20(23,24)12-1-2-13(21(25,26)27)15(5-12)30-8-19(9-30)10-31(11-19)18(33)29-4-3-16-14(6-29)28-17(32)7-34-16/h1-2,5,14,16H,3-4,6-11H2,(H,28,32)/t14-,16+/m1/s1. The summed E-state index contributed by atoms with van der Waals surface area (Å²) in [5.41, 5.74) is -3.17. The second-order valence-electron chi connectivity index (χ2n) is 9.48. The summed E-state index contributed by atoms with van der Waals surface area (Å²) < 4.78 is 84.9. The summed E-state index contributed by atoms with van der Waals surface area (Å²) in [6.45, 7) is 1.68. The van der Waals surface area contributed by atoms with Crippen LogP contribution in [0.4, 0.5) is 36.8 Å². The van der Waals surface area contributed by atoms with E-state index in [0.29, 0.717) is 50.8 Å². The minimum Gasteiger partial charge on any atom is -0.369 e. The number of carbonyl (C=O) groups is 2. The molecule has 1 aromatic rings. The zero-order valence-electron chi connectivity index (χ0n) is 17.9. The number of likely N-dealkylation sites (tertiary alicyclic amines) is 2. The number of urea groups is 1. The molecule has 0 aromatic heterocycles. The number of halogens is 6. The van der Waals surface area contributed by atoms with Crippen LogP contribution in [0.1, 0.15) is 17.5 Å². The third-order valence-corrected chi connectivity index (χ3v) is 6.94. The molecule has 2 atom stereocenters. The number of fused-ring (bicyclic) bond motifs is 1. The molecule has 1 aromatic carbocycles. The van der Waals surface area contributed by atoms with Crippen molar-refractivity contribution in [3.05, 3.63) is 29.3 Å². The molecular formula is C21H22F6N4O3. The molecule has 0 aliphatic carbocycles. The first kappa shape index (κ1) is 23.1. The molecule has 0 saturated carbocycles. The van der Waals surface area contributed by atoms with Crippen molar-refractivity contribution in [1.29, 1.82) is 0 Å². The van der Waals surface area contributed by atoms with Gasteiger partial charge in [0.15, 0.2) is 0 Å². The van der Waals surface area contributed by atoms with Crippen LogP contribution in [0.5, 0.6) is 0 Å². The van der Waals surface area contributed by atoms with Crippen molar-refractivity contribution in [2.24, 2.45) is 5.41 Å². The molecule has 0 unspecified atom stereocenters. The van der Waals surface area contributed by atoms with Crippen LogP contribution in [0.3, 0.4) is 0 Å². The number of benzene rings is 1. The number of piperidine rings is 1. The Hall–Kier alpha value is -2.70. The van der Waals surface area contributed by atoms with E-state index in [2.05, 4.69) is 5.32 Å². The van der Waals surface area contributed by atoms with E-state index in [1.807, 2.05) is 0 Å². The molecule has 13 heteroatoms. The van der Waals surface area contributed by atoms with Gasteiger partial charge in [-0.2, -0.15) is 26.3 Å². The number of nitrogens with zero attached hydrogens (tertiary/aromatic N) is 3. The van der Waals surface area contributed by atoms with Crippen molar-refractivity contribution < 1.29 is 40.7 Å². The number of ether oxygens (including phenoxy) is 1. The molecule has 7 nitrogen and oxygen atoms in total. The fraction of sp³-hybridized carbons (Fsp3) is 0.619. The van der Waals surface area contributed by atoms with Crippen molar-refractivity contribution in [2.75, 3.05) is 50.8 Å². The quantitative estimate of drug-likeness (QED) is 0.613. The molecule has 4 aliphatic heterocycles. The molecule has 3 amide bonds. The van der Waals surface area contributed by atoms with E-state index in [4.69, 9.17) is 4.74 Å². The van der Waals surface area contributed by atoms with Gasteiger partial charge in [0.05, 0.1) is 23.3 Å². The Labute approximate surface area is 190 Å². The van der Waals surface area contributed by atoms with Crippen LogP contribution in [0.25, 0.3) is 0 Å². The van der Waals surface area contributed by atoms with E-state index in [1.165, 1.54) is 4.90 Å². The van der Waals surface area contributed by atoms with Crippen LogP contribution >= 0.6 is 0 Å². The minimum absolute atomic E-state index is 0.00217. The summed E-state index contributed by atoms with van der Waals surface area (Å²) >= 11 is 0. The lowest BCUT2D eigenvalue weighted by Crippen LogP contribution is -2.75. The topological polar surface area (TPSA) is 65.1 Å². The third-order valence-electron chi connectivity index (χ3n) is 6.94. The maximum absolute atomic E-state index is 13.4. The highest BCUT2D eigenvalue weighted by molar-refractivity contribution is 5.79. The predicted octanol–water partition coefficient (Wildman–Crippen LogP) is 2.56. The Morgan fingerprint density at radius 1 is 1.03 bits per heavy atom. The molecule has 34 heavy (non-hydrogen) atoms. The maximum Gasteiger partial charge on any atom is 0.418 e. The summed E-state index contributed by atoms with van der Waals surface area (Å²) in [5, 5.41) is 2.82. The monoisotopic (exact) mass is 492 g/mol. The average molecular weight is 492 g/mol. The molecule has 4 aliphatic rings. The number of carbonyl (C=O) groups excluding carboxylic acids is 2. The first-order chi connectivity index (χ1) is 15.8. The smallest absolute Gasteiger partial charge is 0.369 e. The summed E-state index contributed by atoms with van der Waals surface area (Å²) in [6, 6.07) is 0.945. The van der Waals surface area contributed by atoms with Gasteiger partial charge in [0, 0.05) is 50.4 Å². The average Bonchev–Trinajstić information content (AvgIpc) is 2.69. The van der Waals surface area contributed by atoms with Crippen LogP contribution in [-0.2, 0) is 21.9 Å². The second-order valence-corrected chi connectivity index (χ2v) is 9.48. The molecular weight excluding hydrogens is 470 g/mol. The Balaban J connectivity index is 1.21. The molecule has 4 saturated heterocycles. The second kappa shape index (κ2) is 7.65. The predicted molar refractivity (Wildman–Crippen MR) is 106 cm³/mol. The van der Waals surface area contributed by atoms with Crippen molar-refractivity contribution in [3.63, 3.8) is 0 Å². The Kier molecular flexibility index (Phi) is 5.19. The minimum atomic E-state index is -4.78. The van der Waals surface area contributed by atoms with Crippen LogP contribution in [-0.4, -0.2) is 79.8 Å². The summed E-state index contributed by atoms with van der Waals surface area (Å²) in [6.07, 6.45) is -9.09. The van der Waals surface area contributed by atoms with Crippen molar-refractivity contribution in [1.82, 2.24) is 15.1 Å². The number of amides is 3. The van der Waals surface area contributed by atoms with Gasteiger partial charge < -0.3 is 24.8 Å². The first-order valence-electron chi connectivity index (χ1n) is 10.8. The van der Waals surface area contributed by atoms with Crippen LogP contribution in [0, 0.1) is 5.41 Å². The van der Waals surface area contributed by atoms with Gasteiger partial charge in [-0.1, -0.05) is 0 Å². The molecule has 5 rings (SSSR count). The van der Waals surface area contributed by atoms with Crippen LogP contribution in [0.2, 0.25) is 0 Å². The molecule has 0 radical (unpaired) electrons. The number of hydrogen-bond acceptors (Lipinski definition) is 4. The SMILES string of the molecule is O=C1CO[C@H]2CCN(C(=O)N3CC4(C3)CN(c3cc(C(F)(F)F)ccc3C(F)(F)F)C4)C[C@H]2N1. The fourth-order valence-corrected chi connectivity index (χ4v) is 5.32. The molecule has 0 bridgehead atoms. The number of rotatable bonds is 1. The van der Waals surface area contributed by atoms with Gasteiger partial charge in [0.1, 0.15) is 6.61 Å². The lowest BCUT2D eigenvalue weighted by atomic mass is 9.72. The van der Waals surface area contributed by atoms with Gasteiger partial charge in [-0.05, 0) is 24.6 Å². The normalized spacial score (nSPS) is 26.5. The lowest BCUT2D eigenvalue weighted by Gasteiger charge is -2.61. The van der Waals surface area contributed by atoms with Gasteiger partial charge in [0.25, 0.3) is 0 Å². The molecule has 1 N–H and O–H groups in total. The number of alkyl halides is 6. The van der Waals surface area contributed by atoms with Crippen molar-refractivity contribution >= 4 is 17.6 Å². The Bertz CT molecular complexity index is 999. The van der Waals surface area contributed by atoms with Gasteiger partial charge in [-0.25, -0.2) is 4.79 Å². The number of morpholine rings is 1. The van der Waals surface area contributed by atoms with E-state index in [0.717, 1.165) is 0 Å². The number of nitrogens with one attached hydrogen (secondary N) is 1. The van der Waals surface area contributed by atoms with Gasteiger partial charge in [-0.15, -0.1) is 0 Å². The first-order valence-corrected chi connectivity index (χ1v) is 10.8. The zero-order chi connectivity index (χ0) is 24.5. The fourth-order valence-electron chi connectivity index (χ4n) is 5.32. The highest BCUT2D eigenvalue weighted by atomic mass is 19.4. The Morgan fingerprint density at radius 3 is 2.38 bits per heavy atom. The number of hydrogen-bond donors (Lipinski definition) is 1. The van der Waals surface area contributed by atoms with E-state index < -0.39 is 34.6 Å². The largest absolute Gasteiger partial charge is 0.418 e. The molecule has 1 spiro atoms. The Morgan fingerprint density at radius 2 is 1.74 bits per heavy atom. The van der Waals surface area contributed by atoms with E-state index >= 15 is 0 Å². The highest BCUT2D eigenvalue weighted by Crippen LogP contribution is 2.47. The highest BCUT2D eigenvalue weighted by Gasteiger charge is 2.55. The van der Waals surface area contributed by atoms with Gasteiger partial charge >= 0.3 is 18.4 Å². The summed E-state index contributed by atoms with van der Waals surface area (Å²) in [4.78, 5) is 28.9. The van der Waals surface area contributed by atoms with Gasteiger partial charge in [0.2, 0.25) is 5.91 Å². The number of anilines is 1. The maximum atomic E-state index is 13.4. The van der Waals surface area contributed by atoms with Gasteiger partial charge in [-0.3, -0.25) is 4.79 Å². The molecule has 186 valence electrons. The van der Waals surface area contributed by atoms with E-state index in [9.17, 15) is 35.9 Å². The van der Waals surface area contributed by atoms with Crippen LogP contribution < -0.4 is 10.2 Å². The third kappa shape index (κ3) is 4.03. The van der Waals surface area contributed by atoms with Crippen molar-refractivity contribution in [3.8, 4) is 0 Å². The summed E-state index contributed by atoms with van der Waals surface area (Å²) in [5.74, 6) is -0.235. The lowest BCUT2D eigenvalue weighted by molar-refractivity contribution is -0.141. The molecule has 4 fully saturated rings. The summed E-state index contributed by atoms with van der Waals surface area (Å²) in [7, 11) is 0. The molecule has 4 heterocycles. The van der Waals surface area contributed by atoms with E-state index in [-0.39, 0.29) is 43.8 Å². The van der Waals surface area contributed by atoms with E-state index in [1.54, 1.807) is 9.80 Å². The van der Waals surface area contributed by atoms with Crippen molar-refractivity contribution in [2.45, 2.75) is 30.9 Å². The zero-order valence-corrected chi connectivity index (χ0v) is 17.9. The van der Waals surface area contributed by atoms with Crippen LogP contribution in [0.15, 0.2) is 18.2 Å².